The van der Waals surface area contributed by atoms with E-state index < -0.39 is 0 Å². The number of nitrogens with one attached hydrogen (secondary N) is 1. The molecule has 0 aromatic carbocycles. The zero-order chi connectivity index (χ0) is 10.2. The molecule has 0 spiro atoms. The van der Waals surface area contributed by atoms with Crippen LogP contribution in [0.4, 0.5) is 0 Å². The molecule has 3 heteroatoms. The molecule has 1 atom stereocenters. The maximum Gasteiger partial charge on any atom is 0.0622 e. The summed E-state index contributed by atoms with van der Waals surface area (Å²) in [5.41, 5.74) is 0. The van der Waals surface area contributed by atoms with Crippen molar-refractivity contribution in [2.24, 2.45) is 0 Å². The highest BCUT2D eigenvalue weighted by atomic mass is 16.5. The topological polar surface area (TPSA) is 24.5 Å². The Morgan fingerprint density at radius 2 is 2.29 bits per heavy atom. The van der Waals surface area contributed by atoms with Gasteiger partial charge in [-0.2, -0.15) is 0 Å². The maximum absolute atomic E-state index is 5.48. The van der Waals surface area contributed by atoms with Crippen molar-refractivity contribution in [2.75, 3.05) is 39.9 Å². The summed E-state index contributed by atoms with van der Waals surface area (Å²) in [5, 5.41) is 3.19. The standard InChI is InChI=1S/C11H24N2O/c1-3-11-10-14-9-8-13(11)7-5-4-6-12-2/h11-12H,3-10H2,1-2H3. The molecule has 0 amide bonds. The number of rotatable bonds is 6. The third kappa shape index (κ3) is 3.95. The molecule has 1 heterocycles. The number of unbranched alkanes of at least 4 members (excludes halogenated alkanes) is 1. The van der Waals surface area contributed by atoms with Crippen LogP contribution in [0.3, 0.4) is 0 Å². The first kappa shape index (κ1) is 12.0. The molecule has 0 aliphatic carbocycles. The lowest BCUT2D eigenvalue weighted by Crippen LogP contribution is -2.45. The van der Waals surface area contributed by atoms with E-state index in [2.05, 4.69) is 17.1 Å². The second-order valence-corrected chi connectivity index (χ2v) is 3.98. The van der Waals surface area contributed by atoms with Gasteiger partial charge in [0.25, 0.3) is 0 Å². The van der Waals surface area contributed by atoms with E-state index in [1.807, 2.05) is 7.05 Å². The van der Waals surface area contributed by atoms with Gasteiger partial charge in [0, 0.05) is 12.6 Å². The van der Waals surface area contributed by atoms with Crippen molar-refractivity contribution in [1.29, 1.82) is 0 Å². The van der Waals surface area contributed by atoms with Crippen LogP contribution in [-0.2, 0) is 4.74 Å². The predicted octanol–water partition coefficient (Wildman–Crippen LogP) is 1.10. The smallest absolute Gasteiger partial charge is 0.0622 e. The molecule has 0 bridgehead atoms. The molecule has 0 saturated carbocycles. The Morgan fingerprint density at radius 1 is 1.43 bits per heavy atom. The van der Waals surface area contributed by atoms with Gasteiger partial charge in [0.1, 0.15) is 0 Å². The minimum atomic E-state index is 0.665. The SMILES string of the molecule is CCC1COCCN1CCCCNC. The molecule has 1 fully saturated rings. The second-order valence-electron chi connectivity index (χ2n) is 3.98. The van der Waals surface area contributed by atoms with E-state index in [0.29, 0.717) is 6.04 Å². The molecule has 84 valence electrons. The maximum atomic E-state index is 5.48. The Bertz CT molecular complexity index is 141. The van der Waals surface area contributed by atoms with E-state index in [1.54, 1.807) is 0 Å². The van der Waals surface area contributed by atoms with Gasteiger partial charge in [0.15, 0.2) is 0 Å². The summed E-state index contributed by atoms with van der Waals surface area (Å²) in [5.74, 6) is 0. The monoisotopic (exact) mass is 200 g/mol. The summed E-state index contributed by atoms with van der Waals surface area (Å²) >= 11 is 0. The van der Waals surface area contributed by atoms with Gasteiger partial charge in [-0.3, -0.25) is 4.90 Å². The lowest BCUT2D eigenvalue weighted by atomic mass is 10.1. The molecule has 1 saturated heterocycles. The number of ether oxygens (including phenoxy) is 1. The largest absolute Gasteiger partial charge is 0.378 e. The molecule has 0 radical (unpaired) electrons. The normalized spacial score (nSPS) is 24.0. The molecule has 1 rings (SSSR count). The van der Waals surface area contributed by atoms with E-state index >= 15 is 0 Å². The Labute approximate surface area is 87.8 Å². The molecular weight excluding hydrogens is 176 g/mol. The van der Waals surface area contributed by atoms with Gasteiger partial charge in [0.2, 0.25) is 0 Å². The Kier molecular flexibility index (Phi) is 6.15. The Hall–Kier alpha value is -0.120. The van der Waals surface area contributed by atoms with Crippen LogP contribution in [0.5, 0.6) is 0 Å². The van der Waals surface area contributed by atoms with E-state index in [1.165, 1.54) is 25.8 Å². The van der Waals surface area contributed by atoms with Gasteiger partial charge in [-0.15, -0.1) is 0 Å². The molecule has 1 N–H and O–H groups in total. The first-order valence-electron chi connectivity index (χ1n) is 5.85. The van der Waals surface area contributed by atoms with Crippen LogP contribution in [0.25, 0.3) is 0 Å². The molecule has 14 heavy (non-hydrogen) atoms. The van der Waals surface area contributed by atoms with E-state index in [9.17, 15) is 0 Å². The average molecular weight is 200 g/mol. The zero-order valence-electron chi connectivity index (χ0n) is 9.59. The minimum Gasteiger partial charge on any atom is -0.378 e. The summed E-state index contributed by atoms with van der Waals surface area (Å²) in [7, 11) is 2.02. The van der Waals surface area contributed by atoms with Crippen molar-refractivity contribution >= 4 is 0 Å². The first-order valence-corrected chi connectivity index (χ1v) is 5.85. The minimum absolute atomic E-state index is 0.665. The summed E-state index contributed by atoms with van der Waals surface area (Å²) in [6, 6.07) is 0.665. The predicted molar refractivity (Wildman–Crippen MR) is 59.6 cm³/mol. The third-order valence-corrected chi connectivity index (χ3v) is 2.94. The van der Waals surface area contributed by atoms with Crippen LogP contribution in [0.2, 0.25) is 0 Å². The van der Waals surface area contributed by atoms with Crippen LogP contribution < -0.4 is 5.32 Å². The fraction of sp³-hybridized carbons (Fsp3) is 1.00. The number of hydrogen-bond donors (Lipinski definition) is 1. The van der Waals surface area contributed by atoms with Crippen molar-refractivity contribution in [3.8, 4) is 0 Å². The summed E-state index contributed by atoms with van der Waals surface area (Å²) in [6.45, 7) is 7.60. The van der Waals surface area contributed by atoms with Crippen LogP contribution in [0.1, 0.15) is 26.2 Å². The van der Waals surface area contributed by atoms with Crippen LogP contribution in [0.15, 0.2) is 0 Å². The molecule has 1 aliphatic heterocycles. The quantitative estimate of drug-likeness (QED) is 0.650. The molecular formula is C11H24N2O. The fourth-order valence-electron chi connectivity index (χ4n) is 1.98. The van der Waals surface area contributed by atoms with Crippen molar-refractivity contribution in [3.05, 3.63) is 0 Å². The zero-order valence-corrected chi connectivity index (χ0v) is 9.59. The fourth-order valence-corrected chi connectivity index (χ4v) is 1.98. The van der Waals surface area contributed by atoms with Gasteiger partial charge in [0.05, 0.1) is 13.2 Å². The summed E-state index contributed by atoms with van der Waals surface area (Å²) in [4.78, 5) is 2.58. The summed E-state index contributed by atoms with van der Waals surface area (Å²) in [6.07, 6.45) is 3.80. The van der Waals surface area contributed by atoms with Gasteiger partial charge < -0.3 is 10.1 Å². The first-order chi connectivity index (χ1) is 6.88. The Morgan fingerprint density at radius 3 is 3.00 bits per heavy atom. The van der Waals surface area contributed by atoms with Crippen LogP contribution in [0, 0.1) is 0 Å². The lowest BCUT2D eigenvalue weighted by molar-refractivity contribution is -0.00908. The highest BCUT2D eigenvalue weighted by Gasteiger charge is 2.20. The van der Waals surface area contributed by atoms with Crippen molar-refractivity contribution in [3.63, 3.8) is 0 Å². The second kappa shape index (κ2) is 7.21. The number of nitrogens with zero attached hydrogens (tertiary/aromatic N) is 1. The van der Waals surface area contributed by atoms with E-state index in [0.717, 1.165) is 26.3 Å². The van der Waals surface area contributed by atoms with Crippen molar-refractivity contribution in [1.82, 2.24) is 10.2 Å². The van der Waals surface area contributed by atoms with Crippen molar-refractivity contribution < 1.29 is 4.74 Å². The number of morpholine rings is 1. The Balaban J connectivity index is 2.13. The molecule has 1 unspecified atom stereocenters. The molecule has 1 aliphatic rings. The highest BCUT2D eigenvalue weighted by molar-refractivity contribution is 4.73. The molecule has 0 aromatic heterocycles. The summed E-state index contributed by atoms with van der Waals surface area (Å²) < 4.78 is 5.48. The third-order valence-electron chi connectivity index (χ3n) is 2.94. The van der Waals surface area contributed by atoms with Gasteiger partial charge in [-0.1, -0.05) is 6.92 Å². The molecule has 0 aromatic rings. The van der Waals surface area contributed by atoms with Crippen LogP contribution >= 0.6 is 0 Å². The lowest BCUT2D eigenvalue weighted by Gasteiger charge is -2.35. The van der Waals surface area contributed by atoms with E-state index in [-0.39, 0.29) is 0 Å². The average Bonchev–Trinajstić information content (AvgIpc) is 2.25. The van der Waals surface area contributed by atoms with Gasteiger partial charge in [-0.25, -0.2) is 0 Å². The van der Waals surface area contributed by atoms with Crippen molar-refractivity contribution in [2.45, 2.75) is 32.2 Å². The number of hydrogen-bond acceptors (Lipinski definition) is 3. The van der Waals surface area contributed by atoms with Crippen LogP contribution in [-0.4, -0.2) is 50.8 Å². The van der Waals surface area contributed by atoms with Gasteiger partial charge >= 0.3 is 0 Å². The van der Waals surface area contributed by atoms with Gasteiger partial charge in [-0.05, 0) is 39.4 Å². The molecule has 3 nitrogen and oxygen atoms in total. The highest BCUT2D eigenvalue weighted by Crippen LogP contribution is 2.10. The van der Waals surface area contributed by atoms with E-state index in [4.69, 9.17) is 4.74 Å².